The maximum Gasteiger partial charge on any atom is 0.313 e. The van der Waals surface area contributed by atoms with Crippen molar-refractivity contribution in [1.29, 1.82) is 0 Å². The van der Waals surface area contributed by atoms with Crippen molar-refractivity contribution >= 4 is 23.4 Å². The molecule has 0 aliphatic heterocycles. The summed E-state index contributed by atoms with van der Waals surface area (Å²) in [5.41, 5.74) is 1.17. The molecule has 1 aromatic rings. The molecule has 0 N–H and O–H groups in total. The third kappa shape index (κ3) is 3.07. The van der Waals surface area contributed by atoms with Gasteiger partial charge in [-0.1, -0.05) is 23.7 Å². The summed E-state index contributed by atoms with van der Waals surface area (Å²) in [6.45, 7) is 3.73. The summed E-state index contributed by atoms with van der Waals surface area (Å²) >= 11 is 5.89. The van der Waals surface area contributed by atoms with Crippen molar-refractivity contribution in [2.24, 2.45) is 0 Å². The number of carbonyl (C=O) groups excluding carboxylic acids is 2. The molecule has 0 spiro atoms. The standard InChI is InChI=1S/C12H13ClO3/c1-3-16-12(15)7-11(14)9-5-4-6-10(13)8(9)2/h4-6H,3,7H2,1-2H3. The van der Waals surface area contributed by atoms with E-state index < -0.39 is 5.97 Å². The van der Waals surface area contributed by atoms with Crippen molar-refractivity contribution in [1.82, 2.24) is 0 Å². The van der Waals surface area contributed by atoms with Crippen LogP contribution in [0.4, 0.5) is 0 Å². The largest absolute Gasteiger partial charge is 0.466 e. The van der Waals surface area contributed by atoms with Crippen LogP contribution in [-0.2, 0) is 9.53 Å². The molecule has 86 valence electrons. The van der Waals surface area contributed by atoms with Crippen molar-refractivity contribution in [2.75, 3.05) is 6.61 Å². The van der Waals surface area contributed by atoms with Crippen LogP contribution in [0.2, 0.25) is 5.02 Å². The Labute approximate surface area is 99.4 Å². The first kappa shape index (κ1) is 12.7. The number of rotatable bonds is 4. The van der Waals surface area contributed by atoms with Gasteiger partial charge in [0.05, 0.1) is 6.61 Å². The molecule has 0 saturated carbocycles. The molecule has 0 atom stereocenters. The highest BCUT2D eigenvalue weighted by Crippen LogP contribution is 2.19. The van der Waals surface area contributed by atoms with Crippen LogP contribution in [0.5, 0.6) is 0 Å². The highest BCUT2D eigenvalue weighted by atomic mass is 35.5. The molecule has 1 rings (SSSR count). The van der Waals surface area contributed by atoms with Gasteiger partial charge in [-0.15, -0.1) is 0 Å². The Morgan fingerprint density at radius 2 is 2.06 bits per heavy atom. The Bertz CT molecular complexity index is 413. The summed E-state index contributed by atoms with van der Waals surface area (Å²) in [5.74, 6) is -0.773. The van der Waals surface area contributed by atoms with E-state index in [0.29, 0.717) is 16.1 Å². The van der Waals surface area contributed by atoms with Gasteiger partial charge >= 0.3 is 5.97 Å². The van der Waals surface area contributed by atoms with Gasteiger partial charge in [0.2, 0.25) is 0 Å². The van der Waals surface area contributed by atoms with E-state index in [4.69, 9.17) is 16.3 Å². The van der Waals surface area contributed by atoms with E-state index in [9.17, 15) is 9.59 Å². The van der Waals surface area contributed by atoms with Gasteiger partial charge in [0, 0.05) is 10.6 Å². The fourth-order valence-corrected chi connectivity index (χ4v) is 1.52. The lowest BCUT2D eigenvalue weighted by Crippen LogP contribution is -2.12. The van der Waals surface area contributed by atoms with Gasteiger partial charge in [-0.05, 0) is 25.5 Å². The zero-order chi connectivity index (χ0) is 12.1. The lowest BCUT2D eigenvalue weighted by Gasteiger charge is -2.06. The van der Waals surface area contributed by atoms with Crippen LogP contribution in [0.15, 0.2) is 18.2 Å². The SMILES string of the molecule is CCOC(=O)CC(=O)c1cccc(Cl)c1C. The van der Waals surface area contributed by atoms with E-state index in [1.165, 1.54) is 0 Å². The minimum atomic E-state index is -0.508. The molecule has 0 aliphatic carbocycles. The summed E-state index contributed by atoms with van der Waals surface area (Å²) < 4.78 is 4.71. The lowest BCUT2D eigenvalue weighted by atomic mass is 10.0. The molecule has 1 aromatic carbocycles. The molecular weight excluding hydrogens is 228 g/mol. The summed E-state index contributed by atoms with van der Waals surface area (Å²) in [5, 5.41) is 0.523. The molecule has 0 radical (unpaired) electrons. The molecule has 0 saturated heterocycles. The molecule has 4 heteroatoms. The zero-order valence-corrected chi connectivity index (χ0v) is 10.0. The average Bonchev–Trinajstić information content (AvgIpc) is 2.22. The van der Waals surface area contributed by atoms with Gasteiger partial charge < -0.3 is 4.74 Å². The van der Waals surface area contributed by atoms with Crippen molar-refractivity contribution < 1.29 is 14.3 Å². The number of Topliss-reactive ketones (excluding diaryl/α,β-unsaturated/α-hetero) is 1. The first-order chi connectivity index (χ1) is 7.56. The van der Waals surface area contributed by atoms with Gasteiger partial charge in [0.15, 0.2) is 5.78 Å². The van der Waals surface area contributed by atoms with Crippen LogP contribution in [0.25, 0.3) is 0 Å². The molecule has 3 nitrogen and oxygen atoms in total. The summed E-state index contributed by atoms with van der Waals surface area (Å²) in [6.07, 6.45) is -0.241. The highest BCUT2D eigenvalue weighted by Gasteiger charge is 2.15. The first-order valence-electron chi connectivity index (χ1n) is 5.00. The second kappa shape index (κ2) is 5.66. The Kier molecular flexibility index (Phi) is 4.50. The molecule has 0 unspecified atom stereocenters. The van der Waals surface area contributed by atoms with E-state index in [0.717, 1.165) is 0 Å². The van der Waals surface area contributed by atoms with Gasteiger partial charge in [-0.25, -0.2) is 0 Å². The number of halogens is 1. The molecule has 0 heterocycles. The van der Waals surface area contributed by atoms with Gasteiger partial charge in [-0.3, -0.25) is 9.59 Å². The minimum Gasteiger partial charge on any atom is -0.466 e. The Hall–Kier alpha value is -1.35. The molecule has 16 heavy (non-hydrogen) atoms. The van der Waals surface area contributed by atoms with Gasteiger partial charge in [0.25, 0.3) is 0 Å². The molecular formula is C12H13ClO3. The van der Waals surface area contributed by atoms with Crippen LogP contribution in [0, 0.1) is 6.92 Å². The Morgan fingerprint density at radius 3 is 2.69 bits per heavy atom. The monoisotopic (exact) mass is 240 g/mol. The summed E-state index contributed by atoms with van der Waals surface area (Å²) in [7, 11) is 0. The summed E-state index contributed by atoms with van der Waals surface area (Å²) in [6, 6.07) is 5.05. The van der Waals surface area contributed by atoms with Crippen LogP contribution in [0.1, 0.15) is 29.3 Å². The predicted molar refractivity (Wildman–Crippen MR) is 61.8 cm³/mol. The molecule has 0 amide bonds. The van der Waals surface area contributed by atoms with Crippen LogP contribution in [-0.4, -0.2) is 18.4 Å². The van der Waals surface area contributed by atoms with E-state index in [-0.39, 0.29) is 18.8 Å². The van der Waals surface area contributed by atoms with Gasteiger partial charge in [0.1, 0.15) is 6.42 Å². The van der Waals surface area contributed by atoms with Crippen molar-refractivity contribution in [3.8, 4) is 0 Å². The lowest BCUT2D eigenvalue weighted by molar-refractivity contribution is -0.141. The number of ether oxygens (including phenoxy) is 1. The van der Waals surface area contributed by atoms with Crippen LogP contribution >= 0.6 is 11.6 Å². The van der Waals surface area contributed by atoms with E-state index in [1.54, 1.807) is 32.0 Å². The van der Waals surface area contributed by atoms with Crippen LogP contribution < -0.4 is 0 Å². The van der Waals surface area contributed by atoms with Crippen molar-refractivity contribution in [3.63, 3.8) is 0 Å². The molecule has 0 fully saturated rings. The molecule has 0 aromatic heterocycles. The first-order valence-corrected chi connectivity index (χ1v) is 5.38. The van der Waals surface area contributed by atoms with Gasteiger partial charge in [-0.2, -0.15) is 0 Å². The quantitative estimate of drug-likeness (QED) is 0.462. The molecule has 0 bridgehead atoms. The fraction of sp³-hybridized carbons (Fsp3) is 0.333. The third-order valence-corrected chi connectivity index (χ3v) is 2.59. The normalized spacial score (nSPS) is 9.94. The van der Waals surface area contributed by atoms with Crippen molar-refractivity contribution in [3.05, 3.63) is 34.3 Å². The second-order valence-corrected chi connectivity index (χ2v) is 3.72. The van der Waals surface area contributed by atoms with E-state index >= 15 is 0 Å². The number of hydrogen-bond acceptors (Lipinski definition) is 3. The third-order valence-electron chi connectivity index (χ3n) is 2.18. The van der Waals surface area contributed by atoms with Crippen molar-refractivity contribution in [2.45, 2.75) is 20.3 Å². The Morgan fingerprint density at radius 1 is 1.38 bits per heavy atom. The Balaban J connectivity index is 2.81. The summed E-state index contributed by atoms with van der Waals surface area (Å²) in [4.78, 5) is 22.9. The fourth-order valence-electron chi connectivity index (χ4n) is 1.35. The number of ketones is 1. The average molecular weight is 241 g/mol. The molecule has 0 aliphatic rings. The van der Waals surface area contributed by atoms with E-state index in [1.807, 2.05) is 0 Å². The maximum absolute atomic E-state index is 11.7. The zero-order valence-electron chi connectivity index (χ0n) is 9.25. The second-order valence-electron chi connectivity index (χ2n) is 3.32. The van der Waals surface area contributed by atoms with Crippen LogP contribution in [0.3, 0.4) is 0 Å². The number of carbonyl (C=O) groups is 2. The topological polar surface area (TPSA) is 43.4 Å². The maximum atomic E-state index is 11.7. The highest BCUT2D eigenvalue weighted by molar-refractivity contribution is 6.32. The number of benzene rings is 1. The smallest absolute Gasteiger partial charge is 0.313 e. The number of hydrogen-bond donors (Lipinski definition) is 0. The predicted octanol–water partition coefficient (Wildman–Crippen LogP) is 2.78. The minimum absolute atomic E-state index is 0.241. The van der Waals surface area contributed by atoms with E-state index in [2.05, 4.69) is 0 Å². The number of esters is 1.